The van der Waals surface area contributed by atoms with Gasteiger partial charge in [-0.25, -0.2) is 0 Å². The lowest BCUT2D eigenvalue weighted by Gasteiger charge is -2.11. The number of halogens is 3. The number of hydrogen-bond donors (Lipinski definition) is 0. The van der Waals surface area contributed by atoms with E-state index in [1.807, 2.05) is 19.1 Å². The SMILES string of the molecule is Cc1ccccc1Oc1cccc(C(F)(F)F)c1. The Morgan fingerprint density at radius 2 is 1.67 bits per heavy atom. The van der Waals surface area contributed by atoms with Crippen LogP contribution in [-0.2, 0) is 6.18 Å². The zero-order valence-corrected chi connectivity index (χ0v) is 9.66. The molecule has 0 spiro atoms. The van der Waals surface area contributed by atoms with E-state index in [9.17, 15) is 13.2 Å². The number of hydrogen-bond acceptors (Lipinski definition) is 1. The van der Waals surface area contributed by atoms with Gasteiger partial charge in [0.05, 0.1) is 5.56 Å². The van der Waals surface area contributed by atoms with Crippen molar-refractivity contribution < 1.29 is 17.9 Å². The third kappa shape index (κ3) is 2.83. The molecule has 0 atom stereocenters. The summed E-state index contributed by atoms with van der Waals surface area (Å²) in [6, 6.07) is 12.0. The molecular formula is C14H11F3O. The first-order valence-electron chi connectivity index (χ1n) is 5.37. The van der Waals surface area contributed by atoms with Crippen molar-refractivity contribution in [1.82, 2.24) is 0 Å². The first-order valence-corrected chi connectivity index (χ1v) is 5.37. The largest absolute Gasteiger partial charge is 0.457 e. The van der Waals surface area contributed by atoms with E-state index < -0.39 is 11.7 Å². The molecule has 94 valence electrons. The molecule has 0 aromatic heterocycles. The van der Waals surface area contributed by atoms with E-state index in [2.05, 4.69) is 0 Å². The highest BCUT2D eigenvalue weighted by molar-refractivity contribution is 5.38. The molecule has 0 fully saturated rings. The van der Waals surface area contributed by atoms with Gasteiger partial charge in [-0.1, -0.05) is 24.3 Å². The molecule has 1 nitrogen and oxygen atoms in total. The third-order valence-electron chi connectivity index (χ3n) is 2.48. The van der Waals surface area contributed by atoms with E-state index in [1.165, 1.54) is 12.1 Å². The van der Waals surface area contributed by atoms with Crippen LogP contribution in [0.4, 0.5) is 13.2 Å². The number of aryl methyl sites for hydroxylation is 1. The first kappa shape index (κ1) is 12.5. The molecule has 4 heteroatoms. The summed E-state index contributed by atoms with van der Waals surface area (Å²) in [7, 11) is 0. The van der Waals surface area contributed by atoms with Gasteiger partial charge in [-0.05, 0) is 36.8 Å². The molecule has 0 N–H and O–H groups in total. The van der Waals surface area contributed by atoms with Crippen LogP contribution < -0.4 is 4.74 Å². The molecule has 0 aliphatic rings. The predicted octanol–water partition coefficient (Wildman–Crippen LogP) is 4.81. The predicted molar refractivity (Wildman–Crippen MR) is 62.7 cm³/mol. The first-order chi connectivity index (χ1) is 8.47. The minimum atomic E-state index is -4.36. The molecule has 0 aliphatic heterocycles. The molecule has 2 aromatic carbocycles. The molecule has 0 unspecified atom stereocenters. The van der Waals surface area contributed by atoms with Crippen LogP contribution in [-0.4, -0.2) is 0 Å². The number of benzene rings is 2. The Hall–Kier alpha value is -1.97. The second-order valence-electron chi connectivity index (χ2n) is 3.89. The smallest absolute Gasteiger partial charge is 0.416 e. The lowest BCUT2D eigenvalue weighted by molar-refractivity contribution is -0.137. The van der Waals surface area contributed by atoms with Gasteiger partial charge < -0.3 is 4.74 Å². The Labute approximate surface area is 103 Å². The molecule has 0 amide bonds. The van der Waals surface area contributed by atoms with E-state index in [-0.39, 0.29) is 5.75 Å². The molecule has 0 heterocycles. The Kier molecular flexibility index (Phi) is 3.28. The topological polar surface area (TPSA) is 9.23 Å². The van der Waals surface area contributed by atoms with Crippen LogP contribution in [0.15, 0.2) is 48.5 Å². The summed E-state index contributed by atoms with van der Waals surface area (Å²) in [6.07, 6.45) is -4.36. The van der Waals surface area contributed by atoms with Crippen LogP contribution in [0.2, 0.25) is 0 Å². The maximum absolute atomic E-state index is 12.5. The molecule has 18 heavy (non-hydrogen) atoms. The van der Waals surface area contributed by atoms with E-state index in [1.54, 1.807) is 12.1 Å². The Balaban J connectivity index is 2.28. The quantitative estimate of drug-likeness (QED) is 0.745. The van der Waals surface area contributed by atoms with Crippen LogP contribution in [0.5, 0.6) is 11.5 Å². The maximum Gasteiger partial charge on any atom is 0.416 e. The van der Waals surface area contributed by atoms with Gasteiger partial charge in [0.25, 0.3) is 0 Å². The second kappa shape index (κ2) is 4.72. The van der Waals surface area contributed by atoms with Gasteiger partial charge in [0.15, 0.2) is 0 Å². The molecular weight excluding hydrogens is 241 g/mol. The van der Waals surface area contributed by atoms with Crippen LogP contribution in [0.3, 0.4) is 0 Å². The molecule has 0 aliphatic carbocycles. The molecule has 0 bridgehead atoms. The average Bonchev–Trinajstić information content (AvgIpc) is 2.31. The standard InChI is InChI=1S/C14H11F3O/c1-10-5-2-3-8-13(10)18-12-7-4-6-11(9-12)14(15,16)17/h2-9H,1H3. The van der Waals surface area contributed by atoms with Crippen molar-refractivity contribution in [3.8, 4) is 11.5 Å². The summed E-state index contributed by atoms with van der Waals surface area (Å²) in [5, 5.41) is 0. The molecule has 2 rings (SSSR count). The summed E-state index contributed by atoms with van der Waals surface area (Å²) in [5.74, 6) is 0.732. The monoisotopic (exact) mass is 252 g/mol. The summed E-state index contributed by atoms with van der Waals surface area (Å²) in [6.45, 7) is 1.84. The Morgan fingerprint density at radius 1 is 0.944 bits per heavy atom. The molecule has 2 aromatic rings. The summed E-state index contributed by atoms with van der Waals surface area (Å²) < 4.78 is 43.0. The normalized spacial score (nSPS) is 11.3. The van der Waals surface area contributed by atoms with Crippen LogP contribution in [0, 0.1) is 6.92 Å². The van der Waals surface area contributed by atoms with Gasteiger partial charge in [-0.3, -0.25) is 0 Å². The highest BCUT2D eigenvalue weighted by atomic mass is 19.4. The number of para-hydroxylation sites is 1. The zero-order chi connectivity index (χ0) is 13.2. The highest BCUT2D eigenvalue weighted by Crippen LogP contribution is 2.33. The molecule has 0 saturated heterocycles. The number of ether oxygens (including phenoxy) is 1. The van der Waals surface area contributed by atoms with Crippen LogP contribution in [0.25, 0.3) is 0 Å². The number of rotatable bonds is 2. The summed E-state index contributed by atoms with van der Waals surface area (Å²) in [4.78, 5) is 0. The van der Waals surface area contributed by atoms with Crippen molar-refractivity contribution in [2.45, 2.75) is 13.1 Å². The van der Waals surface area contributed by atoms with Crippen molar-refractivity contribution in [3.05, 3.63) is 59.7 Å². The lowest BCUT2D eigenvalue weighted by Crippen LogP contribution is -2.04. The van der Waals surface area contributed by atoms with Crippen molar-refractivity contribution in [3.63, 3.8) is 0 Å². The lowest BCUT2D eigenvalue weighted by atomic mass is 10.2. The summed E-state index contributed by atoms with van der Waals surface area (Å²) in [5.41, 5.74) is 0.156. The molecule has 0 saturated carbocycles. The van der Waals surface area contributed by atoms with Gasteiger partial charge >= 0.3 is 6.18 Å². The average molecular weight is 252 g/mol. The highest BCUT2D eigenvalue weighted by Gasteiger charge is 2.30. The maximum atomic E-state index is 12.5. The van der Waals surface area contributed by atoms with Gasteiger partial charge in [0, 0.05) is 0 Å². The van der Waals surface area contributed by atoms with Crippen LogP contribution >= 0.6 is 0 Å². The summed E-state index contributed by atoms with van der Waals surface area (Å²) >= 11 is 0. The Morgan fingerprint density at radius 3 is 2.33 bits per heavy atom. The fourth-order valence-corrected chi connectivity index (χ4v) is 1.53. The zero-order valence-electron chi connectivity index (χ0n) is 9.66. The van der Waals surface area contributed by atoms with E-state index in [4.69, 9.17) is 4.74 Å². The van der Waals surface area contributed by atoms with E-state index in [0.29, 0.717) is 5.75 Å². The third-order valence-corrected chi connectivity index (χ3v) is 2.48. The minimum Gasteiger partial charge on any atom is -0.457 e. The van der Waals surface area contributed by atoms with Crippen molar-refractivity contribution in [1.29, 1.82) is 0 Å². The van der Waals surface area contributed by atoms with Gasteiger partial charge in [0.1, 0.15) is 11.5 Å². The minimum absolute atomic E-state index is 0.180. The van der Waals surface area contributed by atoms with Crippen molar-refractivity contribution in [2.75, 3.05) is 0 Å². The van der Waals surface area contributed by atoms with E-state index in [0.717, 1.165) is 17.7 Å². The fraction of sp³-hybridized carbons (Fsp3) is 0.143. The van der Waals surface area contributed by atoms with Crippen LogP contribution in [0.1, 0.15) is 11.1 Å². The van der Waals surface area contributed by atoms with Crippen molar-refractivity contribution >= 4 is 0 Å². The van der Waals surface area contributed by atoms with Crippen molar-refractivity contribution in [2.24, 2.45) is 0 Å². The Bertz CT molecular complexity index is 547. The van der Waals surface area contributed by atoms with Gasteiger partial charge in [-0.2, -0.15) is 13.2 Å². The fourth-order valence-electron chi connectivity index (χ4n) is 1.53. The number of alkyl halides is 3. The molecule has 0 radical (unpaired) electrons. The van der Waals surface area contributed by atoms with Gasteiger partial charge in [0.2, 0.25) is 0 Å². The van der Waals surface area contributed by atoms with Gasteiger partial charge in [-0.15, -0.1) is 0 Å². The second-order valence-corrected chi connectivity index (χ2v) is 3.89. The van der Waals surface area contributed by atoms with E-state index >= 15 is 0 Å².